The molecule has 19 heavy (non-hydrogen) atoms. The van der Waals surface area contributed by atoms with E-state index in [2.05, 4.69) is 0 Å². The van der Waals surface area contributed by atoms with Crippen molar-refractivity contribution in [3.8, 4) is 0 Å². The topological polar surface area (TPSA) is 80.5 Å². The Morgan fingerprint density at radius 3 is 2.37 bits per heavy atom. The van der Waals surface area contributed by atoms with Crippen LogP contribution in [0, 0.1) is 5.92 Å². The van der Waals surface area contributed by atoms with Crippen molar-refractivity contribution >= 4 is 15.7 Å². The van der Waals surface area contributed by atoms with Gasteiger partial charge in [0.25, 0.3) is 0 Å². The van der Waals surface area contributed by atoms with Gasteiger partial charge < -0.3 is 10.6 Å². The number of nitrogens with two attached hydrogens (primary N) is 1. The van der Waals surface area contributed by atoms with E-state index in [1.165, 1.54) is 17.6 Å². The van der Waals surface area contributed by atoms with Crippen molar-refractivity contribution in [2.24, 2.45) is 11.7 Å². The van der Waals surface area contributed by atoms with Gasteiger partial charge in [0.2, 0.25) is 5.91 Å². The number of nitrogens with zero attached hydrogens (tertiary/aromatic N) is 1. The minimum Gasteiger partial charge on any atom is -0.344 e. The van der Waals surface area contributed by atoms with Crippen LogP contribution in [0.4, 0.5) is 0 Å². The summed E-state index contributed by atoms with van der Waals surface area (Å²) < 4.78 is 22.3. The Morgan fingerprint density at radius 2 is 1.79 bits per heavy atom. The van der Waals surface area contributed by atoms with Crippen molar-refractivity contribution < 1.29 is 13.2 Å². The van der Waals surface area contributed by atoms with Crippen LogP contribution in [0.2, 0.25) is 0 Å². The quantitative estimate of drug-likeness (QED) is 0.830. The van der Waals surface area contributed by atoms with Crippen molar-refractivity contribution in [1.29, 1.82) is 0 Å². The standard InChI is InChI=1S/C13H26N2O3S/c1-15(9-10-19(2,17)18)13(16)11-7-5-3-4-6-8-12(11)14/h11-12H,3-10,14H2,1-2H3/t11-,12-/m0/s1. The first-order valence-corrected chi connectivity index (χ1v) is 9.05. The lowest BCUT2D eigenvalue weighted by Crippen LogP contribution is -2.44. The molecule has 1 rings (SSSR count). The second-order valence-electron chi connectivity index (χ2n) is 5.65. The van der Waals surface area contributed by atoms with Crippen LogP contribution < -0.4 is 5.73 Å². The molecule has 0 saturated heterocycles. The fraction of sp³-hybridized carbons (Fsp3) is 0.923. The summed E-state index contributed by atoms with van der Waals surface area (Å²) in [5, 5.41) is 0. The predicted molar refractivity (Wildman–Crippen MR) is 76.5 cm³/mol. The largest absolute Gasteiger partial charge is 0.344 e. The molecule has 112 valence electrons. The summed E-state index contributed by atoms with van der Waals surface area (Å²) in [6.07, 6.45) is 7.36. The molecule has 6 heteroatoms. The molecule has 2 atom stereocenters. The van der Waals surface area contributed by atoms with Crippen LogP contribution in [-0.2, 0) is 14.6 Å². The Balaban J connectivity index is 2.57. The third-order valence-corrected chi connectivity index (χ3v) is 4.73. The highest BCUT2D eigenvalue weighted by Gasteiger charge is 2.28. The van der Waals surface area contributed by atoms with E-state index in [1.807, 2.05) is 0 Å². The molecular formula is C13H26N2O3S. The number of hydrogen-bond donors (Lipinski definition) is 1. The van der Waals surface area contributed by atoms with E-state index in [0.717, 1.165) is 32.1 Å². The van der Waals surface area contributed by atoms with E-state index in [0.29, 0.717) is 0 Å². The lowest BCUT2D eigenvalue weighted by atomic mass is 9.86. The van der Waals surface area contributed by atoms with E-state index in [-0.39, 0.29) is 30.2 Å². The Morgan fingerprint density at radius 1 is 1.21 bits per heavy atom. The number of rotatable bonds is 4. The smallest absolute Gasteiger partial charge is 0.227 e. The number of amides is 1. The van der Waals surface area contributed by atoms with Gasteiger partial charge in [-0.2, -0.15) is 0 Å². The van der Waals surface area contributed by atoms with Gasteiger partial charge in [-0.25, -0.2) is 8.42 Å². The average molecular weight is 290 g/mol. The third-order valence-electron chi connectivity index (χ3n) is 3.81. The van der Waals surface area contributed by atoms with Gasteiger partial charge in [-0.05, 0) is 12.8 Å². The zero-order valence-electron chi connectivity index (χ0n) is 12.0. The van der Waals surface area contributed by atoms with Crippen LogP contribution in [0.5, 0.6) is 0 Å². The van der Waals surface area contributed by atoms with Crippen LogP contribution >= 0.6 is 0 Å². The SMILES string of the molecule is CN(CCS(C)(=O)=O)C(=O)[C@H]1CCCCCC[C@@H]1N. The van der Waals surface area contributed by atoms with Crippen LogP contribution in [0.1, 0.15) is 38.5 Å². The van der Waals surface area contributed by atoms with Crippen LogP contribution in [0.25, 0.3) is 0 Å². The van der Waals surface area contributed by atoms with Crippen molar-refractivity contribution in [1.82, 2.24) is 4.90 Å². The normalized spacial score (nSPS) is 25.4. The molecule has 0 aromatic heterocycles. The Labute approximate surface area is 116 Å². The zero-order valence-corrected chi connectivity index (χ0v) is 12.8. The van der Waals surface area contributed by atoms with Crippen molar-refractivity contribution in [3.63, 3.8) is 0 Å². The molecule has 0 bridgehead atoms. The maximum absolute atomic E-state index is 12.3. The van der Waals surface area contributed by atoms with Crippen molar-refractivity contribution in [3.05, 3.63) is 0 Å². The highest BCUT2D eigenvalue weighted by atomic mass is 32.2. The lowest BCUT2D eigenvalue weighted by Gasteiger charge is -2.29. The number of carbonyl (C=O) groups excluding carboxylic acids is 1. The fourth-order valence-electron chi connectivity index (χ4n) is 2.52. The van der Waals surface area contributed by atoms with E-state index < -0.39 is 9.84 Å². The minimum atomic E-state index is -3.04. The molecule has 0 spiro atoms. The molecule has 2 N–H and O–H groups in total. The van der Waals surface area contributed by atoms with Gasteiger partial charge in [-0.3, -0.25) is 4.79 Å². The average Bonchev–Trinajstić information content (AvgIpc) is 2.29. The molecule has 0 aliphatic heterocycles. The summed E-state index contributed by atoms with van der Waals surface area (Å²) in [5.41, 5.74) is 6.10. The number of carbonyl (C=O) groups is 1. The first kappa shape index (κ1) is 16.4. The van der Waals surface area contributed by atoms with Crippen LogP contribution in [0.15, 0.2) is 0 Å². The zero-order chi connectivity index (χ0) is 14.5. The Hall–Kier alpha value is -0.620. The molecule has 0 heterocycles. The summed E-state index contributed by atoms with van der Waals surface area (Å²) in [5.74, 6) is -0.139. The van der Waals surface area contributed by atoms with Gasteiger partial charge in [0.15, 0.2) is 0 Å². The van der Waals surface area contributed by atoms with Crippen molar-refractivity contribution in [2.75, 3.05) is 25.6 Å². The first-order chi connectivity index (χ1) is 8.81. The van der Waals surface area contributed by atoms with Gasteiger partial charge in [0.05, 0.1) is 11.7 Å². The van der Waals surface area contributed by atoms with Crippen molar-refractivity contribution in [2.45, 2.75) is 44.6 Å². The fourth-order valence-corrected chi connectivity index (χ4v) is 3.12. The Bertz CT molecular complexity index is 395. The summed E-state index contributed by atoms with van der Waals surface area (Å²) in [6, 6.07) is -0.0894. The first-order valence-electron chi connectivity index (χ1n) is 6.99. The maximum Gasteiger partial charge on any atom is 0.227 e. The summed E-state index contributed by atoms with van der Waals surface area (Å²) in [4.78, 5) is 13.9. The monoisotopic (exact) mass is 290 g/mol. The minimum absolute atomic E-state index is 0.00181. The van der Waals surface area contributed by atoms with E-state index in [4.69, 9.17) is 5.73 Å². The molecular weight excluding hydrogens is 264 g/mol. The third kappa shape index (κ3) is 5.91. The van der Waals surface area contributed by atoms with E-state index in [1.54, 1.807) is 7.05 Å². The molecule has 1 fully saturated rings. The summed E-state index contributed by atoms with van der Waals surface area (Å²) in [7, 11) is -1.37. The van der Waals surface area contributed by atoms with Gasteiger partial charge in [0.1, 0.15) is 9.84 Å². The summed E-state index contributed by atoms with van der Waals surface area (Å²) in [6.45, 7) is 0.251. The molecule has 1 saturated carbocycles. The molecule has 5 nitrogen and oxygen atoms in total. The lowest BCUT2D eigenvalue weighted by molar-refractivity contribution is -0.135. The van der Waals surface area contributed by atoms with E-state index >= 15 is 0 Å². The molecule has 1 aliphatic rings. The predicted octanol–water partition coefficient (Wildman–Crippen LogP) is 0.787. The number of sulfone groups is 1. The second-order valence-corrected chi connectivity index (χ2v) is 7.91. The highest BCUT2D eigenvalue weighted by molar-refractivity contribution is 7.90. The highest BCUT2D eigenvalue weighted by Crippen LogP contribution is 2.23. The molecule has 0 aromatic carbocycles. The molecule has 1 amide bonds. The summed E-state index contributed by atoms with van der Waals surface area (Å²) >= 11 is 0. The van der Waals surface area contributed by atoms with Gasteiger partial charge in [-0.1, -0.05) is 25.7 Å². The molecule has 0 aromatic rings. The van der Waals surface area contributed by atoms with Gasteiger partial charge in [-0.15, -0.1) is 0 Å². The van der Waals surface area contributed by atoms with Gasteiger partial charge in [0, 0.05) is 25.9 Å². The van der Waals surface area contributed by atoms with Crippen LogP contribution in [0.3, 0.4) is 0 Å². The van der Waals surface area contributed by atoms with Crippen LogP contribution in [-0.4, -0.2) is 50.9 Å². The Kier molecular flexibility index (Phi) is 6.26. The number of hydrogen-bond acceptors (Lipinski definition) is 4. The molecule has 1 aliphatic carbocycles. The van der Waals surface area contributed by atoms with Gasteiger partial charge >= 0.3 is 0 Å². The maximum atomic E-state index is 12.3. The molecule has 0 unspecified atom stereocenters. The second kappa shape index (κ2) is 7.24. The molecule has 0 radical (unpaired) electrons. The van der Waals surface area contributed by atoms with E-state index in [9.17, 15) is 13.2 Å².